The van der Waals surface area contributed by atoms with E-state index in [-0.39, 0.29) is 5.75 Å². The van der Waals surface area contributed by atoms with Crippen molar-refractivity contribution in [3.05, 3.63) is 23.8 Å². The van der Waals surface area contributed by atoms with Crippen LogP contribution in [0.5, 0.6) is 5.75 Å². The second-order valence-corrected chi connectivity index (χ2v) is 6.24. The van der Waals surface area contributed by atoms with Gasteiger partial charge in [-0.2, -0.15) is 21.6 Å². The van der Waals surface area contributed by atoms with Crippen molar-refractivity contribution < 1.29 is 25.8 Å². The molecule has 0 radical (unpaired) electrons. The average Bonchev–Trinajstić information content (AvgIpc) is 2.51. The van der Waals surface area contributed by atoms with Crippen LogP contribution in [0.4, 0.5) is 13.2 Å². The van der Waals surface area contributed by atoms with Crippen LogP contribution in [0.25, 0.3) is 0 Å². The van der Waals surface area contributed by atoms with Crippen LogP contribution in [0.3, 0.4) is 0 Å². The van der Waals surface area contributed by atoms with E-state index in [0.717, 1.165) is 5.56 Å². The summed E-state index contributed by atoms with van der Waals surface area (Å²) in [5.41, 5.74) is -4.71. The molecule has 2 rings (SSSR count). The molecule has 0 unspecified atom stereocenters. The second kappa shape index (κ2) is 5.04. The van der Waals surface area contributed by atoms with Crippen molar-refractivity contribution >= 4 is 28.1 Å². The Hall–Kier alpha value is -1.22. The summed E-state index contributed by atoms with van der Waals surface area (Å²) in [6.07, 6.45) is 1.59. The van der Waals surface area contributed by atoms with Gasteiger partial charge in [0.15, 0.2) is 0 Å². The van der Waals surface area contributed by atoms with Gasteiger partial charge in [0.1, 0.15) is 5.75 Å². The molecule has 0 atom stereocenters. The number of aliphatic imine (C=N–C) groups is 1. The zero-order valence-electron chi connectivity index (χ0n) is 9.35. The van der Waals surface area contributed by atoms with Gasteiger partial charge in [-0.3, -0.25) is 4.99 Å². The Kier molecular flexibility index (Phi) is 3.77. The zero-order valence-corrected chi connectivity index (χ0v) is 11.0. The molecular formula is C10H8F3NO3S2. The van der Waals surface area contributed by atoms with E-state index in [1.807, 2.05) is 0 Å². The highest BCUT2D eigenvalue weighted by molar-refractivity contribution is 7.99. The Balaban J connectivity index is 2.29. The highest BCUT2D eigenvalue weighted by atomic mass is 32.2. The van der Waals surface area contributed by atoms with Crippen LogP contribution >= 0.6 is 11.8 Å². The lowest BCUT2D eigenvalue weighted by molar-refractivity contribution is -0.0500. The molecule has 0 fully saturated rings. The molecule has 0 saturated carbocycles. The van der Waals surface area contributed by atoms with Crippen LogP contribution in [0.1, 0.15) is 5.56 Å². The lowest BCUT2D eigenvalue weighted by atomic mass is 10.2. The second-order valence-electron chi connectivity index (χ2n) is 3.57. The van der Waals surface area contributed by atoms with Crippen molar-refractivity contribution in [1.29, 1.82) is 0 Å². The summed E-state index contributed by atoms with van der Waals surface area (Å²) < 4.78 is 62.4. The fraction of sp³-hybridized carbons (Fsp3) is 0.300. The lowest BCUT2D eigenvalue weighted by Gasteiger charge is -2.11. The quantitative estimate of drug-likeness (QED) is 0.622. The normalized spacial score (nSPS) is 15.7. The van der Waals surface area contributed by atoms with E-state index in [4.69, 9.17) is 0 Å². The lowest BCUT2D eigenvalue weighted by Crippen LogP contribution is -2.28. The molecule has 4 nitrogen and oxygen atoms in total. The Labute approximate surface area is 111 Å². The molecule has 19 heavy (non-hydrogen) atoms. The number of thioether (sulfide) groups is 1. The summed E-state index contributed by atoms with van der Waals surface area (Å²) in [4.78, 5) is 4.71. The van der Waals surface area contributed by atoms with Gasteiger partial charge >= 0.3 is 15.6 Å². The van der Waals surface area contributed by atoms with Crippen LogP contribution in [-0.4, -0.2) is 32.4 Å². The summed E-state index contributed by atoms with van der Waals surface area (Å²) in [7, 11) is -5.63. The van der Waals surface area contributed by atoms with E-state index in [2.05, 4.69) is 9.18 Å². The number of benzene rings is 1. The summed E-state index contributed by atoms with van der Waals surface area (Å²) in [6, 6.07) is 3.90. The minimum absolute atomic E-state index is 0.362. The third-order valence-electron chi connectivity index (χ3n) is 2.18. The highest BCUT2D eigenvalue weighted by Crippen LogP contribution is 2.31. The summed E-state index contributed by atoms with van der Waals surface area (Å²) >= 11 is 1.38. The largest absolute Gasteiger partial charge is 0.534 e. The molecule has 1 aromatic rings. The number of rotatable bonds is 2. The number of fused-ring (bicyclic) bond motifs is 1. The predicted molar refractivity (Wildman–Crippen MR) is 65.2 cm³/mol. The highest BCUT2D eigenvalue weighted by Gasteiger charge is 2.48. The Morgan fingerprint density at radius 3 is 2.74 bits per heavy atom. The van der Waals surface area contributed by atoms with Crippen molar-refractivity contribution in [3.8, 4) is 5.75 Å². The van der Waals surface area contributed by atoms with E-state index in [0.29, 0.717) is 17.2 Å². The van der Waals surface area contributed by atoms with Gasteiger partial charge in [0.05, 0.1) is 0 Å². The minimum Gasteiger partial charge on any atom is -0.376 e. The molecule has 1 aliphatic rings. The molecule has 0 amide bonds. The Bertz CT molecular complexity index is 611. The van der Waals surface area contributed by atoms with E-state index in [1.54, 1.807) is 6.21 Å². The third kappa shape index (κ3) is 3.21. The van der Waals surface area contributed by atoms with Gasteiger partial charge in [-0.05, 0) is 18.2 Å². The predicted octanol–water partition coefficient (Wildman–Crippen LogP) is 2.44. The van der Waals surface area contributed by atoms with Crippen molar-refractivity contribution in [2.75, 3.05) is 12.3 Å². The van der Waals surface area contributed by atoms with E-state index in [9.17, 15) is 21.6 Å². The molecule has 1 aliphatic heterocycles. The van der Waals surface area contributed by atoms with Gasteiger partial charge in [0.25, 0.3) is 0 Å². The van der Waals surface area contributed by atoms with Gasteiger partial charge in [0, 0.05) is 29.0 Å². The molecule has 1 heterocycles. The van der Waals surface area contributed by atoms with E-state index >= 15 is 0 Å². The number of alkyl halides is 3. The SMILES string of the molecule is O=S(=O)(Oc1ccc2c(c1)SCCN=C2)C(F)(F)F. The first-order valence-electron chi connectivity index (χ1n) is 5.07. The van der Waals surface area contributed by atoms with E-state index < -0.39 is 15.6 Å². The third-order valence-corrected chi connectivity index (χ3v) is 4.21. The number of nitrogens with zero attached hydrogens (tertiary/aromatic N) is 1. The minimum atomic E-state index is -5.63. The van der Waals surface area contributed by atoms with Crippen molar-refractivity contribution in [2.24, 2.45) is 4.99 Å². The molecule has 9 heteroatoms. The molecule has 104 valence electrons. The fourth-order valence-electron chi connectivity index (χ4n) is 1.34. The molecule has 1 aromatic carbocycles. The molecule has 0 aromatic heterocycles. The van der Waals surface area contributed by atoms with Gasteiger partial charge in [-0.1, -0.05) is 0 Å². The molecule has 0 spiro atoms. The van der Waals surface area contributed by atoms with Gasteiger partial charge in [0.2, 0.25) is 0 Å². The summed E-state index contributed by atoms with van der Waals surface area (Å²) in [5, 5.41) is 0. The zero-order chi connectivity index (χ0) is 14.1. The molecule has 0 N–H and O–H groups in total. The maximum Gasteiger partial charge on any atom is 0.534 e. The Morgan fingerprint density at radius 2 is 2.05 bits per heavy atom. The number of halogens is 3. The summed E-state index contributed by atoms with van der Waals surface area (Å²) in [6.45, 7) is 0.594. The maximum absolute atomic E-state index is 12.2. The van der Waals surface area contributed by atoms with E-state index in [1.165, 1.54) is 30.0 Å². The van der Waals surface area contributed by atoms with Crippen LogP contribution < -0.4 is 4.18 Å². The topological polar surface area (TPSA) is 55.7 Å². The van der Waals surface area contributed by atoms with Gasteiger partial charge in [-0.25, -0.2) is 0 Å². The number of hydrogen-bond donors (Lipinski definition) is 0. The van der Waals surface area contributed by atoms with Gasteiger partial charge in [-0.15, -0.1) is 11.8 Å². The Morgan fingerprint density at radius 1 is 1.32 bits per heavy atom. The standard InChI is InChI=1S/C10H8F3NO3S2/c11-10(12,13)19(15,16)17-8-2-1-7-6-14-3-4-18-9(7)5-8/h1-2,5-6H,3-4H2. The van der Waals surface area contributed by atoms with Crippen LogP contribution in [0, 0.1) is 0 Å². The first kappa shape index (κ1) is 14.2. The average molecular weight is 311 g/mol. The fourth-order valence-corrected chi connectivity index (χ4v) is 2.70. The van der Waals surface area contributed by atoms with Crippen molar-refractivity contribution in [3.63, 3.8) is 0 Å². The van der Waals surface area contributed by atoms with Crippen LogP contribution in [-0.2, 0) is 10.1 Å². The van der Waals surface area contributed by atoms with Crippen molar-refractivity contribution in [1.82, 2.24) is 0 Å². The smallest absolute Gasteiger partial charge is 0.376 e. The molecular weight excluding hydrogens is 303 g/mol. The summed E-state index contributed by atoms with van der Waals surface area (Å²) in [5.74, 6) is 0.303. The monoisotopic (exact) mass is 311 g/mol. The molecule has 0 saturated heterocycles. The van der Waals surface area contributed by atoms with Crippen LogP contribution in [0.2, 0.25) is 0 Å². The maximum atomic E-state index is 12.2. The first-order chi connectivity index (χ1) is 8.79. The van der Waals surface area contributed by atoms with Crippen LogP contribution in [0.15, 0.2) is 28.1 Å². The van der Waals surface area contributed by atoms with Crippen molar-refractivity contribution in [2.45, 2.75) is 10.4 Å². The molecule has 0 bridgehead atoms. The first-order valence-corrected chi connectivity index (χ1v) is 7.46. The van der Waals surface area contributed by atoms with Gasteiger partial charge < -0.3 is 4.18 Å². The number of hydrogen-bond acceptors (Lipinski definition) is 5. The molecule has 0 aliphatic carbocycles.